The Bertz CT molecular complexity index is 594. The molecule has 1 unspecified atom stereocenters. The summed E-state index contributed by atoms with van der Waals surface area (Å²) in [5.41, 5.74) is 0.640. The van der Waals surface area contributed by atoms with E-state index in [9.17, 15) is 9.59 Å². The van der Waals surface area contributed by atoms with Crippen LogP contribution in [0.5, 0.6) is 5.75 Å². The Labute approximate surface area is 118 Å². The van der Waals surface area contributed by atoms with Crippen LogP contribution in [0, 0.1) is 0 Å². The van der Waals surface area contributed by atoms with Crippen molar-refractivity contribution in [2.45, 2.75) is 12.5 Å². The van der Waals surface area contributed by atoms with Crippen LogP contribution in [0.4, 0.5) is 0 Å². The Morgan fingerprint density at radius 3 is 2.95 bits per heavy atom. The first-order valence-corrected chi connectivity index (χ1v) is 6.61. The maximum Gasteiger partial charge on any atom is 0.326 e. The van der Waals surface area contributed by atoms with Gasteiger partial charge in [-0.3, -0.25) is 4.79 Å². The number of imidazole rings is 1. The second kappa shape index (κ2) is 6.20. The highest BCUT2D eigenvalue weighted by Gasteiger charge is 2.22. The van der Waals surface area contributed by atoms with Gasteiger partial charge in [0.15, 0.2) is 0 Å². The number of amides is 1. The summed E-state index contributed by atoms with van der Waals surface area (Å²) in [5, 5.41) is 13.3. The minimum Gasteiger partial charge on any atom is -0.496 e. The summed E-state index contributed by atoms with van der Waals surface area (Å²) in [6.45, 7) is 0. The summed E-state index contributed by atoms with van der Waals surface area (Å²) in [5.74, 6) is -0.970. The number of nitrogens with zero attached hydrogens (tertiary/aromatic N) is 1. The third-order valence-corrected chi connectivity index (χ3v) is 3.52. The van der Waals surface area contributed by atoms with Crippen molar-refractivity contribution in [1.29, 1.82) is 0 Å². The summed E-state index contributed by atoms with van der Waals surface area (Å²) < 4.78 is 4.98. The van der Waals surface area contributed by atoms with E-state index >= 15 is 0 Å². The molecule has 8 heteroatoms. The molecule has 1 amide bonds. The first-order valence-electron chi connectivity index (χ1n) is 5.73. The zero-order valence-electron chi connectivity index (χ0n) is 10.6. The van der Waals surface area contributed by atoms with E-state index in [0.29, 0.717) is 16.3 Å². The molecule has 2 heterocycles. The van der Waals surface area contributed by atoms with E-state index in [4.69, 9.17) is 9.84 Å². The number of carboxylic acid groups (broad SMARTS) is 1. The molecule has 2 aromatic rings. The maximum absolute atomic E-state index is 12.0. The number of aromatic amines is 1. The topological polar surface area (TPSA) is 104 Å². The van der Waals surface area contributed by atoms with Crippen molar-refractivity contribution < 1.29 is 19.4 Å². The largest absolute Gasteiger partial charge is 0.496 e. The molecule has 0 spiro atoms. The van der Waals surface area contributed by atoms with Crippen molar-refractivity contribution in [3.05, 3.63) is 34.5 Å². The molecule has 20 heavy (non-hydrogen) atoms. The highest BCUT2D eigenvalue weighted by atomic mass is 32.1. The van der Waals surface area contributed by atoms with Crippen LogP contribution in [0.25, 0.3) is 0 Å². The summed E-state index contributed by atoms with van der Waals surface area (Å²) in [7, 11) is 1.50. The Morgan fingerprint density at radius 1 is 1.60 bits per heavy atom. The summed E-state index contributed by atoms with van der Waals surface area (Å²) in [4.78, 5) is 30.2. The molecule has 0 saturated carbocycles. The number of nitrogens with one attached hydrogen (secondary N) is 2. The first kappa shape index (κ1) is 14.1. The number of hydrogen-bond acceptors (Lipinski definition) is 5. The second-order valence-corrected chi connectivity index (χ2v) is 4.91. The second-order valence-electron chi connectivity index (χ2n) is 4.00. The van der Waals surface area contributed by atoms with E-state index < -0.39 is 17.9 Å². The van der Waals surface area contributed by atoms with Gasteiger partial charge < -0.3 is 20.1 Å². The lowest BCUT2D eigenvalue weighted by molar-refractivity contribution is -0.139. The van der Waals surface area contributed by atoms with Crippen LogP contribution >= 0.6 is 11.3 Å². The number of carboxylic acids is 1. The normalized spacial score (nSPS) is 11.8. The van der Waals surface area contributed by atoms with Crippen LogP contribution in [-0.4, -0.2) is 40.1 Å². The third kappa shape index (κ3) is 3.35. The Morgan fingerprint density at radius 2 is 2.40 bits per heavy atom. The molecular weight excluding hydrogens is 282 g/mol. The van der Waals surface area contributed by atoms with Crippen LogP contribution in [0.2, 0.25) is 0 Å². The van der Waals surface area contributed by atoms with E-state index in [0.717, 1.165) is 0 Å². The fraction of sp³-hybridized carbons (Fsp3) is 0.250. The molecule has 3 N–H and O–H groups in total. The van der Waals surface area contributed by atoms with Crippen molar-refractivity contribution in [1.82, 2.24) is 15.3 Å². The molecule has 2 aromatic heterocycles. The average molecular weight is 295 g/mol. The fourth-order valence-corrected chi connectivity index (χ4v) is 2.35. The lowest BCUT2D eigenvalue weighted by Gasteiger charge is -2.12. The monoisotopic (exact) mass is 295 g/mol. The molecule has 0 fully saturated rings. The summed E-state index contributed by atoms with van der Waals surface area (Å²) in [6, 6.07) is 0.547. The van der Waals surface area contributed by atoms with Crippen LogP contribution in [0.15, 0.2) is 24.0 Å². The Hall–Kier alpha value is -2.35. The van der Waals surface area contributed by atoms with Gasteiger partial charge in [-0.15, -0.1) is 11.3 Å². The predicted molar refractivity (Wildman–Crippen MR) is 72.1 cm³/mol. The maximum atomic E-state index is 12.0. The third-order valence-electron chi connectivity index (χ3n) is 2.62. The van der Waals surface area contributed by atoms with Gasteiger partial charge in [-0.05, 0) is 0 Å². The number of rotatable bonds is 6. The lowest BCUT2D eigenvalue weighted by atomic mass is 10.1. The number of carbonyl (C=O) groups is 2. The zero-order chi connectivity index (χ0) is 14.5. The molecule has 1 atom stereocenters. The van der Waals surface area contributed by atoms with Crippen LogP contribution in [-0.2, 0) is 11.2 Å². The predicted octanol–water partition coefficient (Wildman–Crippen LogP) is 0.905. The summed E-state index contributed by atoms with van der Waals surface area (Å²) >= 11 is 1.19. The van der Waals surface area contributed by atoms with Gasteiger partial charge in [0, 0.05) is 29.8 Å². The molecular formula is C12H13N3O4S. The molecule has 0 aliphatic heterocycles. The van der Waals surface area contributed by atoms with E-state index in [1.165, 1.54) is 31.0 Å². The van der Waals surface area contributed by atoms with Gasteiger partial charge in [-0.1, -0.05) is 0 Å². The Kier molecular flexibility index (Phi) is 4.36. The molecule has 7 nitrogen and oxygen atoms in total. The van der Waals surface area contributed by atoms with Crippen LogP contribution in [0.1, 0.15) is 15.4 Å². The van der Waals surface area contributed by atoms with E-state index in [1.54, 1.807) is 11.4 Å². The number of aromatic nitrogens is 2. The number of ether oxygens (including phenoxy) is 1. The number of aliphatic carboxylic acids is 1. The number of thiophene rings is 1. The minimum atomic E-state index is -1.10. The van der Waals surface area contributed by atoms with Crippen molar-refractivity contribution in [3.8, 4) is 5.75 Å². The van der Waals surface area contributed by atoms with Crippen LogP contribution in [0.3, 0.4) is 0 Å². The zero-order valence-corrected chi connectivity index (χ0v) is 11.4. The van der Waals surface area contributed by atoms with Gasteiger partial charge in [0.25, 0.3) is 5.91 Å². The molecule has 0 aliphatic rings. The molecule has 0 aromatic carbocycles. The van der Waals surface area contributed by atoms with Crippen molar-refractivity contribution in [3.63, 3.8) is 0 Å². The SMILES string of the molecule is COc1csc(C(=O)NC(Cc2cnc[nH]2)C(=O)O)c1. The van der Waals surface area contributed by atoms with E-state index in [1.807, 2.05) is 0 Å². The van der Waals surface area contributed by atoms with Gasteiger partial charge in [-0.25, -0.2) is 9.78 Å². The molecule has 0 bridgehead atoms. The molecule has 0 aliphatic carbocycles. The van der Waals surface area contributed by atoms with Crippen LogP contribution < -0.4 is 10.1 Å². The Balaban J connectivity index is 2.04. The highest BCUT2D eigenvalue weighted by molar-refractivity contribution is 7.12. The fourth-order valence-electron chi connectivity index (χ4n) is 1.59. The quantitative estimate of drug-likeness (QED) is 0.734. The summed E-state index contributed by atoms with van der Waals surface area (Å²) in [6.07, 6.45) is 3.13. The van der Waals surface area contributed by atoms with Crippen molar-refractivity contribution in [2.24, 2.45) is 0 Å². The number of carbonyl (C=O) groups excluding carboxylic acids is 1. The van der Waals surface area contributed by atoms with E-state index in [2.05, 4.69) is 15.3 Å². The molecule has 0 saturated heterocycles. The highest BCUT2D eigenvalue weighted by Crippen LogP contribution is 2.21. The molecule has 106 valence electrons. The van der Waals surface area contributed by atoms with Gasteiger partial charge in [0.2, 0.25) is 0 Å². The lowest BCUT2D eigenvalue weighted by Crippen LogP contribution is -2.42. The first-order chi connectivity index (χ1) is 9.60. The smallest absolute Gasteiger partial charge is 0.326 e. The number of hydrogen-bond donors (Lipinski definition) is 3. The van der Waals surface area contributed by atoms with Gasteiger partial charge >= 0.3 is 5.97 Å². The molecule has 2 rings (SSSR count). The van der Waals surface area contributed by atoms with Gasteiger partial charge in [0.05, 0.1) is 18.3 Å². The standard InChI is InChI=1S/C12H13N3O4S/c1-19-8-3-10(20-5-8)11(16)15-9(12(17)18)2-7-4-13-6-14-7/h3-6,9H,2H2,1H3,(H,13,14)(H,15,16)(H,17,18). The van der Waals surface area contributed by atoms with E-state index in [-0.39, 0.29) is 6.42 Å². The average Bonchev–Trinajstić information content (AvgIpc) is 3.08. The number of methoxy groups -OCH3 is 1. The molecule has 0 radical (unpaired) electrons. The number of H-pyrrole nitrogens is 1. The van der Waals surface area contributed by atoms with Gasteiger partial charge in [-0.2, -0.15) is 0 Å². The van der Waals surface area contributed by atoms with Gasteiger partial charge in [0.1, 0.15) is 11.8 Å². The minimum absolute atomic E-state index is 0.142. The van der Waals surface area contributed by atoms with Crippen molar-refractivity contribution in [2.75, 3.05) is 7.11 Å². The van der Waals surface area contributed by atoms with Crippen molar-refractivity contribution >= 4 is 23.2 Å².